The SMILES string of the molecule is CC(Nc1ccc(NC(=O)c2ccc(Cl)cc2)cc1)=[N+](C)C. The molecule has 114 valence electrons. The first kappa shape index (κ1) is 16.0. The van der Waals surface area contributed by atoms with E-state index in [0.717, 1.165) is 17.2 Å². The van der Waals surface area contributed by atoms with E-state index in [2.05, 4.69) is 10.6 Å². The highest BCUT2D eigenvalue weighted by atomic mass is 35.5. The van der Waals surface area contributed by atoms with Crippen LogP contribution in [0, 0.1) is 0 Å². The van der Waals surface area contributed by atoms with Gasteiger partial charge in [-0.25, -0.2) is 5.32 Å². The highest BCUT2D eigenvalue weighted by Crippen LogP contribution is 2.15. The van der Waals surface area contributed by atoms with E-state index in [1.807, 2.05) is 49.9 Å². The summed E-state index contributed by atoms with van der Waals surface area (Å²) in [4.78, 5) is 12.1. The summed E-state index contributed by atoms with van der Waals surface area (Å²) in [6.07, 6.45) is 0. The van der Waals surface area contributed by atoms with E-state index in [1.54, 1.807) is 24.3 Å². The zero-order valence-electron chi connectivity index (χ0n) is 12.9. The molecule has 2 aromatic carbocycles. The summed E-state index contributed by atoms with van der Waals surface area (Å²) in [6, 6.07) is 14.4. The van der Waals surface area contributed by atoms with E-state index in [1.165, 1.54) is 0 Å². The minimum absolute atomic E-state index is 0.159. The van der Waals surface area contributed by atoms with Crippen LogP contribution < -0.4 is 10.6 Å². The fraction of sp³-hybridized carbons (Fsp3) is 0.176. The molecular formula is C17H19ClN3O+. The summed E-state index contributed by atoms with van der Waals surface area (Å²) in [5.74, 6) is 0.881. The molecule has 0 aliphatic heterocycles. The molecular weight excluding hydrogens is 298 g/mol. The Bertz CT molecular complexity index is 687. The van der Waals surface area contributed by atoms with Gasteiger partial charge in [-0.3, -0.25) is 9.37 Å². The Labute approximate surface area is 135 Å². The minimum atomic E-state index is -0.159. The van der Waals surface area contributed by atoms with Gasteiger partial charge in [-0.1, -0.05) is 11.6 Å². The normalized spacial score (nSPS) is 10.0. The maximum Gasteiger partial charge on any atom is 0.255 e. The number of carbonyl (C=O) groups is 1. The van der Waals surface area contributed by atoms with Gasteiger partial charge < -0.3 is 5.32 Å². The van der Waals surface area contributed by atoms with Crippen LogP contribution in [0.1, 0.15) is 17.3 Å². The standard InChI is InChI=1S/C17H18ClN3O/c1-12(21(2)3)19-15-8-10-16(11-9-15)20-17(22)13-4-6-14(18)7-5-13/h4-11H,1-3H3,(H,20,22)/p+1. The first-order valence-electron chi connectivity index (χ1n) is 6.90. The largest absolute Gasteiger partial charge is 0.322 e. The molecule has 2 rings (SSSR count). The van der Waals surface area contributed by atoms with Crippen molar-refractivity contribution in [2.75, 3.05) is 24.7 Å². The van der Waals surface area contributed by atoms with Gasteiger partial charge in [0, 0.05) is 23.2 Å². The molecule has 4 nitrogen and oxygen atoms in total. The van der Waals surface area contributed by atoms with Crippen molar-refractivity contribution in [3.05, 3.63) is 59.1 Å². The number of halogens is 1. The molecule has 2 N–H and O–H groups in total. The van der Waals surface area contributed by atoms with Gasteiger partial charge in [-0.05, 0) is 48.5 Å². The zero-order chi connectivity index (χ0) is 16.1. The van der Waals surface area contributed by atoms with Gasteiger partial charge in [0.15, 0.2) is 0 Å². The second-order valence-corrected chi connectivity index (χ2v) is 5.58. The molecule has 0 aliphatic carbocycles. The van der Waals surface area contributed by atoms with Crippen molar-refractivity contribution in [2.45, 2.75) is 6.92 Å². The highest BCUT2D eigenvalue weighted by molar-refractivity contribution is 6.30. The third-order valence-electron chi connectivity index (χ3n) is 3.25. The number of nitrogens with zero attached hydrogens (tertiary/aromatic N) is 1. The number of carbonyl (C=O) groups excluding carboxylic acids is 1. The summed E-state index contributed by atoms with van der Waals surface area (Å²) in [6.45, 7) is 2.00. The zero-order valence-corrected chi connectivity index (χ0v) is 13.6. The number of amides is 1. The molecule has 0 atom stereocenters. The monoisotopic (exact) mass is 316 g/mol. The molecule has 0 heterocycles. The minimum Gasteiger partial charge on any atom is -0.322 e. The number of benzene rings is 2. The summed E-state index contributed by atoms with van der Waals surface area (Å²) >= 11 is 5.81. The third kappa shape index (κ3) is 4.33. The number of nitrogens with one attached hydrogen (secondary N) is 2. The van der Waals surface area contributed by atoms with Crippen molar-refractivity contribution in [1.82, 2.24) is 0 Å². The summed E-state index contributed by atoms with van der Waals surface area (Å²) in [5, 5.41) is 6.74. The van der Waals surface area contributed by atoms with Gasteiger partial charge in [0.1, 0.15) is 5.69 Å². The number of hydrogen-bond donors (Lipinski definition) is 2. The van der Waals surface area contributed by atoms with Crippen LogP contribution in [-0.2, 0) is 0 Å². The van der Waals surface area contributed by atoms with Crippen molar-refractivity contribution in [2.24, 2.45) is 0 Å². The lowest BCUT2D eigenvalue weighted by Gasteiger charge is -2.06. The van der Waals surface area contributed by atoms with Gasteiger partial charge in [0.2, 0.25) is 5.84 Å². The molecule has 0 saturated carbocycles. The van der Waals surface area contributed by atoms with Gasteiger partial charge in [0.25, 0.3) is 5.91 Å². The number of rotatable bonds is 3. The van der Waals surface area contributed by atoms with Crippen molar-refractivity contribution in [3.8, 4) is 0 Å². The Morgan fingerprint density at radius 3 is 1.91 bits per heavy atom. The Morgan fingerprint density at radius 1 is 0.909 bits per heavy atom. The van der Waals surface area contributed by atoms with Crippen molar-refractivity contribution in [1.29, 1.82) is 0 Å². The van der Waals surface area contributed by atoms with Gasteiger partial charge in [-0.2, -0.15) is 0 Å². The molecule has 0 fully saturated rings. The molecule has 0 aromatic heterocycles. The van der Waals surface area contributed by atoms with Gasteiger partial charge in [-0.15, -0.1) is 0 Å². The average Bonchev–Trinajstić information content (AvgIpc) is 2.49. The second-order valence-electron chi connectivity index (χ2n) is 5.14. The van der Waals surface area contributed by atoms with E-state index in [9.17, 15) is 4.79 Å². The van der Waals surface area contributed by atoms with Crippen LogP contribution in [0.5, 0.6) is 0 Å². The molecule has 0 saturated heterocycles. The van der Waals surface area contributed by atoms with E-state index >= 15 is 0 Å². The molecule has 22 heavy (non-hydrogen) atoms. The summed E-state index contributed by atoms with van der Waals surface area (Å²) in [7, 11) is 3.95. The molecule has 0 bridgehead atoms. The van der Waals surface area contributed by atoms with Crippen LogP contribution in [0.3, 0.4) is 0 Å². The smallest absolute Gasteiger partial charge is 0.255 e. The van der Waals surface area contributed by atoms with Crippen molar-refractivity contribution < 1.29 is 9.37 Å². The highest BCUT2D eigenvalue weighted by Gasteiger charge is 2.07. The Morgan fingerprint density at radius 2 is 1.41 bits per heavy atom. The molecule has 2 aromatic rings. The fourth-order valence-corrected chi connectivity index (χ4v) is 1.89. The molecule has 0 radical (unpaired) electrons. The predicted octanol–water partition coefficient (Wildman–Crippen LogP) is 3.69. The topological polar surface area (TPSA) is 44.1 Å². The lowest BCUT2D eigenvalue weighted by Crippen LogP contribution is -2.18. The van der Waals surface area contributed by atoms with E-state index in [0.29, 0.717) is 10.6 Å². The lowest BCUT2D eigenvalue weighted by atomic mass is 10.2. The number of anilines is 2. The van der Waals surface area contributed by atoms with Crippen molar-refractivity contribution >= 4 is 34.7 Å². The van der Waals surface area contributed by atoms with Crippen LogP contribution in [0.2, 0.25) is 5.02 Å². The molecule has 0 spiro atoms. The molecule has 0 unspecified atom stereocenters. The first-order valence-corrected chi connectivity index (χ1v) is 7.28. The van der Waals surface area contributed by atoms with E-state index < -0.39 is 0 Å². The summed E-state index contributed by atoms with van der Waals surface area (Å²) < 4.78 is 2.00. The predicted molar refractivity (Wildman–Crippen MR) is 92.3 cm³/mol. The van der Waals surface area contributed by atoms with Gasteiger partial charge in [0.05, 0.1) is 14.1 Å². The van der Waals surface area contributed by atoms with Crippen molar-refractivity contribution in [3.63, 3.8) is 0 Å². The summed E-state index contributed by atoms with van der Waals surface area (Å²) in [5.41, 5.74) is 2.28. The Kier molecular flexibility index (Phi) is 5.17. The first-order chi connectivity index (χ1) is 10.5. The quantitative estimate of drug-likeness (QED) is 0.515. The second kappa shape index (κ2) is 7.09. The fourth-order valence-electron chi connectivity index (χ4n) is 1.76. The van der Waals surface area contributed by atoms with Crippen LogP contribution >= 0.6 is 11.6 Å². The van der Waals surface area contributed by atoms with E-state index in [-0.39, 0.29) is 5.91 Å². The van der Waals surface area contributed by atoms with Crippen LogP contribution in [0.4, 0.5) is 11.4 Å². The molecule has 1 amide bonds. The van der Waals surface area contributed by atoms with Crippen LogP contribution in [0.15, 0.2) is 48.5 Å². The van der Waals surface area contributed by atoms with Gasteiger partial charge >= 0.3 is 0 Å². The maximum atomic E-state index is 12.1. The molecule has 5 heteroatoms. The van der Waals surface area contributed by atoms with Crippen LogP contribution in [-0.4, -0.2) is 30.4 Å². The third-order valence-corrected chi connectivity index (χ3v) is 3.50. The van der Waals surface area contributed by atoms with Crippen LogP contribution in [0.25, 0.3) is 0 Å². The Balaban J connectivity index is 2.03. The lowest BCUT2D eigenvalue weighted by molar-refractivity contribution is -0.464. The van der Waals surface area contributed by atoms with E-state index in [4.69, 9.17) is 11.6 Å². The number of hydrogen-bond acceptors (Lipinski definition) is 1. The Hall–Kier alpha value is -2.33. The molecule has 0 aliphatic rings. The number of amidine groups is 1. The average molecular weight is 317 g/mol. The maximum absolute atomic E-state index is 12.1.